The average molecular weight is 266 g/mol. The number of rotatable bonds is 3. The zero-order chi connectivity index (χ0) is 10.7. The summed E-state index contributed by atoms with van der Waals surface area (Å²) in [5, 5.41) is 3.32. The summed E-state index contributed by atoms with van der Waals surface area (Å²) in [4.78, 5) is 0. The molecule has 0 aliphatic carbocycles. The van der Waals surface area contributed by atoms with Gasteiger partial charge < -0.3 is 9.73 Å². The van der Waals surface area contributed by atoms with E-state index >= 15 is 0 Å². The number of aryl methyl sites for hydroxylation is 1. The van der Waals surface area contributed by atoms with Gasteiger partial charge in [0.05, 0.1) is 12.8 Å². The Kier molecular flexibility index (Phi) is 3.11. The van der Waals surface area contributed by atoms with Crippen LogP contribution in [0.2, 0.25) is 0 Å². The third-order valence-corrected chi connectivity index (χ3v) is 2.85. The van der Waals surface area contributed by atoms with Crippen molar-refractivity contribution in [2.45, 2.75) is 13.5 Å². The van der Waals surface area contributed by atoms with E-state index in [9.17, 15) is 0 Å². The highest BCUT2D eigenvalue weighted by atomic mass is 79.9. The van der Waals surface area contributed by atoms with Crippen molar-refractivity contribution in [1.82, 2.24) is 0 Å². The summed E-state index contributed by atoms with van der Waals surface area (Å²) in [5.74, 6) is 0.934. The zero-order valence-corrected chi connectivity index (χ0v) is 10.0. The predicted molar refractivity (Wildman–Crippen MR) is 64.9 cm³/mol. The van der Waals surface area contributed by atoms with Gasteiger partial charge in [-0.05, 0) is 52.7 Å². The van der Waals surface area contributed by atoms with E-state index in [0.717, 1.165) is 15.9 Å². The number of hydrogen-bond acceptors (Lipinski definition) is 2. The largest absolute Gasteiger partial charge is 0.467 e. The second kappa shape index (κ2) is 4.53. The van der Waals surface area contributed by atoms with Crippen LogP contribution in [-0.4, -0.2) is 0 Å². The fourth-order valence-corrected chi connectivity index (χ4v) is 1.76. The molecular weight excluding hydrogens is 254 g/mol. The van der Waals surface area contributed by atoms with E-state index in [2.05, 4.69) is 40.3 Å². The number of benzene rings is 1. The van der Waals surface area contributed by atoms with Crippen molar-refractivity contribution in [2.75, 3.05) is 5.32 Å². The van der Waals surface area contributed by atoms with Crippen molar-refractivity contribution < 1.29 is 4.42 Å². The van der Waals surface area contributed by atoms with E-state index in [1.54, 1.807) is 6.26 Å². The van der Waals surface area contributed by atoms with Gasteiger partial charge in [0, 0.05) is 10.2 Å². The molecule has 2 rings (SSSR count). The molecule has 2 aromatic rings. The maximum Gasteiger partial charge on any atom is 0.122 e. The fourth-order valence-electron chi connectivity index (χ4n) is 1.37. The molecule has 0 fully saturated rings. The molecule has 0 aliphatic heterocycles. The normalized spacial score (nSPS) is 10.3. The summed E-state index contributed by atoms with van der Waals surface area (Å²) in [5.41, 5.74) is 2.33. The number of halogens is 1. The Morgan fingerprint density at radius 3 is 2.93 bits per heavy atom. The number of nitrogens with one attached hydrogen (secondary N) is 1. The van der Waals surface area contributed by atoms with E-state index in [4.69, 9.17) is 4.42 Å². The van der Waals surface area contributed by atoms with Gasteiger partial charge in [-0.25, -0.2) is 0 Å². The van der Waals surface area contributed by atoms with Gasteiger partial charge in [-0.2, -0.15) is 0 Å². The van der Waals surface area contributed by atoms with Crippen LogP contribution in [0.3, 0.4) is 0 Å². The van der Waals surface area contributed by atoms with Crippen molar-refractivity contribution in [2.24, 2.45) is 0 Å². The van der Waals surface area contributed by atoms with Gasteiger partial charge in [0.25, 0.3) is 0 Å². The number of anilines is 1. The third kappa shape index (κ3) is 2.63. The van der Waals surface area contributed by atoms with E-state index in [-0.39, 0.29) is 0 Å². The van der Waals surface area contributed by atoms with Gasteiger partial charge in [0.2, 0.25) is 0 Å². The first-order valence-corrected chi connectivity index (χ1v) is 5.57. The molecular formula is C12H12BrNO. The van der Waals surface area contributed by atoms with Crippen LogP contribution in [0.15, 0.2) is 45.5 Å². The molecule has 0 saturated heterocycles. The number of furan rings is 1. The highest BCUT2D eigenvalue weighted by Gasteiger charge is 2.00. The van der Waals surface area contributed by atoms with Crippen LogP contribution in [0.4, 0.5) is 5.69 Å². The van der Waals surface area contributed by atoms with E-state index in [1.807, 2.05) is 18.2 Å². The van der Waals surface area contributed by atoms with Gasteiger partial charge in [-0.15, -0.1) is 0 Å². The minimum Gasteiger partial charge on any atom is -0.467 e. The predicted octanol–water partition coefficient (Wildman–Crippen LogP) is 3.96. The van der Waals surface area contributed by atoms with Crippen molar-refractivity contribution in [1.29, 1.82) is 0 Å². The zero-order valence-electron chi connectivity index (χ0n) is 8.46. The third-order valence-electron chi connectivity index (χ3n) is 2.16. The van der Waals surface area contributed by atoms with E-state index in [0.29, 0.717) is 6.54 Å². The van der Waals surface area contributed by atoms with Gasteiger partial charge >= 0.3 is 0 Å². The Bertz CT molecular complexity index is 437. The molecule has 0 saturated carbocycles. The molecule has 0 unspecified atom stereocenters. The molecule has 0 radical (unpaired) electrons. The molecule has 1 aromatic heterocycles. The summed E-state index contributed by atoms with van der Waals surface area (Å²) >= 11 is 3.50. The Morgan fingerprint density at radius 1 is 1.33 bits per heavy atom. The van der Waals surface area contributed by atoms with Crippen molar-refractivity contribution >= 4 is 21.6 Å². The van der Waals surface area contributed by atoms with Gasteiger partial charge in [0.15, 0.2) is 0 Å². The number of hydrogen-bond donors (Lipinski definition) is 1. The second-order valence-electron chi connectivity index (χ2n) is 3.42. The highest BCUT2D eigenvalue weighted by molar-refractivity contribution is 9.10. The molecule has 0 amide bonds. The molecule has 15 heavy (non-hydrogen) atoms. The fraction of sp³-hybridized carbons (Fsp3) is 0.167. The standard InChI is InChI=1S/C12H12BrNO/c1-9-4-5-11(13)12(7-9)14-8-10-3-2-6-15-10/h2-7,14H,8H2,1H3. The maximum absolute atomic E-state index is 5.25. The van der Waals surface area contributed by atoms with Crippen molar-refractivity contribution in [3.8, 4) is 0 Å². The molecule has 3 heteroatoms. The summed E-state index contributed by atoms with van der Waals surface area (Å²) in [6.07, 6.45) is 1.68. The first-order valence-electron chi connectivity index (χ1n) is 4.78. The van der Waals surface area contributed by atoms with Crippen LogP contribution in [0.25, 0.3) is 0 Å². The summed E-state index contributed by atoms with van der Waals surface area (Å²) in [7, 11) is 0. The Hall–Kier alpha value is -1.22. The van der Waals surface area contributed by atoms with Gasteiger partial charge in [0.1, 0.15) is 5.76 Å². The molecule has 2 nitrogen and oxygen atoms in total. The van der Waals surface area contributed by atoms with Crippen molar-refractivity contribution in [3.63, 3.8) is 0 Å². The molecule has 78 valence electrons. The smallest absolute Gasteiger partial charge is 0.122 e. The average Bonchev–Trinajstić information content (AvgIpc) is 2.72. The first-order chi connectivity index (χ1) is 7.25. The molecule has 1 aromatic carbocycles. The lowest BCUT2D eigenvalue weighted by Crippen LogP contribution is -1.98. The summed E-state index contributed by atoms with van der Waals surface area (Å²) in [6, 6.07) is 10.1. The van der Waals surface area contributed by atoms with Gasteiger partial charge in [-0.1, -0.05) is 6.07 Å². The highest BCUT2D eigenvalue weighted by Crippen LogP contribution is 2.23. The monoisotopic (exact) mass is 265 g/mol. The Morgan fingerprint density at radius 2 is 2.20 bits per heavy atom. The molecule has 1 heterocycles. The lowest BCUT2D eigenvalue weighted by atomic mass is 10.2. The van der Waals surface area contributed by atoms with Crippen LogP contribution in [0.1, 0.15) is 11.3 Å². The van der Waals surface area contributed by atoms with Crippen LogP contribution in [0.5, 0.6) is 0 Å². The maximum atomic E-state index is 5.25. The van der Waals surface area contributed by atoms with Gasteiger partial charge in [-0.3, -0.25) is 0 Å². The lowest BCUT2D eigenvalue weighted by Gasteiger charge is -2.07. The molecule has 0 spiro atoms. The topological polar surface area (TPSA) is 25.2 Å². The quantitative estimate of drug-likeness (QED) is 0.909. The summed E-state index contributed by atoms with van der Waals surface area (Å²) < 4.78 is 6.32. The van der Waals surface area contributed by atoms with Crippen molar-refractivity contribution in [3.05, 3.63) is 52.4 Å². The molecule has 0 aliphatic rings. The molecule has 1 N–H and O–H groups in total. The first kappa shape index (κ1) is 10.3. The second-order valence-corrected chi connectivity index (χ2v) is 4.27. The Balaban J connectivity index is 2.07. The summed E-state index contributed by atoms with van der Waals surface area (Å²) in [6.45, 7) is 2.78. The van der Waals surface area contributed by atoms with Crippen LogP contribution < -0.4 is 5.32 Å². The van der Waals surface area contributed by atoms with E-state index in [1.165, 1.54) is 5.56 Å². The van der Waals surface area contributed by atoms with E-state index < -0.39 is 0 Å². The SMILES string of the molecule is Cc1ccc(Br)c(NCc2ccco2)c1. The lowest BCUT2D eigenvalue weighted by molar-refractivity contribution is 0.518. The van der Waals surface area contributed by atoms with Crippen LogP contribution in [0, 0.1) is 6.92 Å². The molecule has 0 bridgehead atoms. The van der Waals surface area contributed by atoms with Crippen LogP contribution in [-0.2, 0) is 6.54 Å². The molecule has 0 atom stereocenters. The van der Waals surface area contributed by atoms with Crippen LogP contribution >= 0.6 is 15.9 Å². The minimum atomic E-state index is 0.703. The minimum absolute atomic E-state index is 0.703. The Labute approximate surface area is 97.4 Å².